The summed E-state index contributed by atoms with van der Waals surface area (Å²) < 4.78 is 0. The fourth-order valence-corrected chi connectivity index (χ4v) is 2.93. The molecule has 0 radical (unpaired) electrons. The third-order valence-corrected chi connectivity index (χ3v) is 4.16. The van der Waals surface area contributed by atoms with Crippen LogP contribution in [0.1, 0.15) is 31.7 Å². The standard InChI is InChI=1S/C19H25N3O2/c1-2-12-21(13-6-10-16-8-4-3-5-9-16)18(23)17-11-7-14-22(15-17)19(20)24/h3-5,8-9,17H,2,7,11-15H2,1H3,(H2,20,24). The number of likely N-dealkylation sites (tertiary alicyclic amines) is 1. The lowest BCUT2D eigenvalue weighted by Gasteiger charge is -2.33. The topological polar surface area (TPSA) is 66.6 Å². The van der Waals surface area contributed by atoms with Crippen LogP contribution in [0.3, 0.4) is 0 Å². The number of hydrogen-bond donors (Lipinski definition) is 1. The van der Waals surface area contributed by atoms with Crippen molar-refractivity contribution in [1.29, 1.82) is 0 Å². The van der Waals surface area contributed by atoms with Gasteiger partial charge in [-0.15, -0.1) is 0 Å². The minimum Gasteiger partial charge on any atom is -0.351 e. The van der Waals surface area contributed by atoms with Gasteiger partial charge in [0, 0.05) is 25.2 Å². The van der Waals surface area contributed by atoms with Gasteiger partial charge in [0.2, 0.25) is 5.91 Å². The SMILES string of the molecule is CCCN(CC#Cc1ccccc1)C(=O)C1CCCN(C(N)=O)C1. The van der Waals surface area contributed by atoms with E-state index in [9.17, 15) is 9.59 Å². The van der Waals surface area contributed by atoms with Gasteiger partial charge < -0.3 is 15.5 Å². The summed E-state index contributed by atoms with van der Waals surface area (Å²) in [4.78, 5) is 27.5. The molecule has 24 heavy (non-hydrogen) atoms. The molecular formula is C19H25N3O2. The Balaban J connectivity index is 2.00. The Morgan fingerprint density at radius 2 is 2.08 bits per heavy atom. The first-order chi connectivity index (χ1) is 11.6. The van der Waals surface area contributed by atoms with Crippen LogP contribution in [-0.2, 0) is 4.79 Å². The van der Waals surface area contributed by atoms with Gasteiger partial charge in [0.15, 0.2) is 0 Å². The van der Waals surface area contributed by atoms with Crippen LogP contribution in [0.15, 0.2) is 30.3 Å². The molecule has 1 unspecified atom stereocenters. The van der Waals surface area contributed by atoms with E-state index in [0.717, 1.165) is 24.8 Å². The summed E-state index contributed by atoms with van der Waals surface area (Å²) in [6.45, 7) is 4.19. The maximum Gasteiger partial charge on any atom is 0.314 e. The molecule has 1 fully saturated rings. The van der Waals surface area contributed by atoms with Gasteiger partial charge in [0.1, 0.15) is 0 Å². The highest BCUT2D eigenvalue weighted by Gasteiger charge is 2.30. The van der Waals surface area contributed by atoms with E-state index in [1.165, 1.54) is 0 Å². The smallest absolute Gasteiger partial charge is 0.314 e. The number of primary amides is 1. The van der Waals surface area contributed by atoms with Crippen molar-refractivity contribution in [3.8, 4) is 11.8 Å². The van der Waals surface area contributed by atoms with Crippen molar-refractivity contribution < 1.29 is 9.59 Å². The molecule has 1 aromatic carbocycles. The molecule has 0 aromatic heterocycles. The van der Waals surface area contributed by atoms with Crippen LogP contribution in [0.5, 0.6) is 0 Å². The lowest BCUT2D eigenvalue weighted by molar-refractivity contribution is -0.136. The maximum atomic E-state index is 12.8. The second-order valence-corrected chi connectivity index (χ2v) is 6.05. The quantitative estimate of drug-likeness (QED) is 0.860. The Bertz CT molecular complexity index is 618. The largest absolute Gasteiger partial charge is 0.351 e. The average molecular weight is 327 g/mol. The Morgan fingerprint density at radius 3 is 2.75 bits per heavy atom. The van der Waals surface area contributed by atoms with Crippen LogP contribution in [0.25, 0.3) is 0 Å². The van der Waals surface area contributed by atoms with Gasteiger partial charge in [-0.2, -0.15) is 0 Å². The van der Waals surface area contributed by atoms with Gasteiger partial charge in [-0.1, -0.05) is 37.0 Å². The Labute approximate surface area is 143 Å². The molecule has 1 saturated heterocycles. The number of amides is 3. The van der Waals surface area contributed by atoms with Crippen LogP contribution in [0.2, 0.25) is 0 Å². The van der Waals surface area contributed by atoms with E-state index >= 15 is 0 Å². The van der Waals surface area contributed by atoms with Crippen molar-refractivity contribution in [1.82, 2.24) is 9.80 Å². The molecule has 5 nitrogen and oxygen atoms in total. The van der Waals surface area contributed by atoms with E-state index in [4.69, 9.17) is 5.73 Å². The van der Waals surface area contributed by atoms with Gasteiger partial charge in [-0.3, -0.25) is 4.79 Å². The van der Waals surface area contributed by atoms with Crippen molar-refractivity contribution >= 4 is 11.9 Å². The third kappa shape index (κ3) is 5.02. The first-order valence-corrected chi connectivity index (χ1v) is 8.49. The zero-order valence-corrected chi connectivity index (χ0v) is 14.2. The minimum absolute atomic E-state index is 0.0742. The summed E-state index contributed by atoms with van der Waals surface area (Å²) in [6, 6.07) is 9.29. The number of urea groups is 1. The monoisotopic (exact) mass is 327 g/mol. The predicted molar refractivity (Wildman–Crippen MR) is 94.1 cm³/mol. The number of nitrogens with two attached hydrogens (primary N) is 1. The van der Waals surface area contributed by atoms with Crippen molar-refractivity contribution in [3.05, 3.63) is 35.9 Å². The number of carbonyl (C=O) groups is 2. The molecular weight excluding hydrogens is 302 g/mol. The van der Waals surface area contributed by atoms with Crippen molar-refractivity contribution in [2.45, 2.75) is 26.2 Å². The number of nitrogens with zero attached hydrogens (tertiary/aromatic N) is 2. The first kappa shape index (κ1) is 17.9. The van der Waals surface area contributed by atoms with Crippen LogP contribution < -0.4 is 5.73 Å². The second-order valence-electron chi connectivity index (χ2n) is 6.05. The van der Waals surface area contributed by atoms with E-state index in [-0.39, 0.29) is 11.8 Å². The highest BCUT2D eigenvalue weighted by molar-refractivity contribution is 5.81. The third-order valence-electron chi connectivity index (χ3n) is 4.16. The molecule has 1 aliphatic rings. The summed E-state index contributed by atoms with van der Waals surface area (Å²) in [5.41, 5.74) is 6.29. The molecule has 1 heterocycles. The Hall–Kier alpha value is -2.48. The van der Waals surface area contributed by atoms with Gasteiger partial charge in [0.05, 0.1) is 12.5 Å². The van der Waals surface area contributed by atoms with Gasteiger partial charge >= 0.3 is 6.03 Å². The molecule has 1 aliphatic heterocycles. The normalized spacial score (nSPS) is 16.9. The number of benzene rings is 1. The lowest BCUT2D eigenvalue weighted by Crippen LogP contribution is -2.48. The highest BCUT2D eigenvalue weighted by Crippen LogP contribution is 2.19. The molecule has 2 N–H and O–H groups in total. The highest BCUT2D eigenvalue weighted by atomic mass is 16.2. The van der Waals surface area contributed by atoms with Gasteiger partial charge in [0.25, 0.3) is 0 Å². The summed E-state index contributed by atoms with van der Waals surface area (Å²) in [7, 11) is 0. The molecule has 3 amide bonds. The molecule has 0 saturated carbocycles. The average Bonchev–Trinajstić information content (AvgIpc) is 2.61. The van der Waals surface area contributed by atoms with Crippen molar-refractivity contribution in [3.63, 3.8) is 0 Å². The van der Waals surface area contributed by atoms with Crippen LogP contribution in [0, 0.1) is 17.8 Å². The molecule has 5 heteroatoms. The van der Waals surface area contributed by atoms with Crippen LogP contribution in [0.4, 0.5) is 4.79 Å². The van der Waals surface area contributed by atoms with Crippen molar-refractivity contribution in [2.24, 2.45) is 11.7 Å². The van der Waals surface area contributed by atoms with E-state index in [1.54, 1.807) is 9.80 Å². The van der Waals surface area contributed by atoms with Crippen molar-refractivity contribution in [2.75, 3.05) is 26.2 Å². The fourth-order valence-electron chi connectivity index (χ4n) is 2.93. The molecule has 0 bridgehead atoms. The lowest BCUT2D eigenvalue weighted by atomic mass is 9.96. The van der Waals surface area contributed by atoms with Gasteiger partial charge in [-0.05, 0) is 31.4 Å². The number of carbonyl (C=O) groups excluding carboxylic acids is 2. The fraction of sp³-hybridized carbons (Fsp3) is 0.474. The van der Waals surface area contributed by atoms with E-state index in [1.807, 2.05) is 37.3 Å². The summed E-state index contributed by atoms with van der Waals surface area (Å²) >= 11 is 0. The Kier molecular flexibility index (Phi) is 6.68. The van der Waals surface area contributed by atoms with E-state index < -0.39 is 6.03 Å². The summed E-state index contributed by atoms with van der Waals surface area (Å²) in [6.07, 6.45) is 2.49. The number of rotatable bonds is 4. The zero-order chi connectivity index (χ0) is 17.4. The van der Waals surface area contributed by atoms with Crippen LogP contribution >= 0.6 is 0 Å². The molecule has 1 atom stereocenters. The molecule has 2 rings (SSSR count). The number of hydrogen-bond acceptors (Lipinski definition) is 2. The maximum absolute atomic E-state index is 12.8. The zero-order valence-electron chi connectivity index (χ0n) is 14.2. The van der Waals surface area contributed by atoms with E-state index in [2.05, 4.69) is 11.8 Å². The summed E-state index contributed by atoms with van der Waals surface area (Å²) in [5, 5.41) is 0. The molecule has 128 valence electrons. The second kappa shape index (κ2) is 8.97. The summed E-state index contributed by atoms with van der Waals surface area (Å²) in [5.74, 6) is 6.08. The molecule has 0 spiro atoms. The van der Waals surface area contributed by atoms with Gasteiger partial charge in [-0.25, -0.2) is 4.79 Å². The van der Waals surface area contributed by atoms with E-state index in [0.29, 0.717) is 26.2 Å². The number of piperidine rings is 1. The molecule has 1 aromatic rings. The predicted octanol–water partition coefficient (Wildman–Crippen LogP) is 2.07. The minimum atomic E-state index is -0.446. The Morgan fingerprint density at radius 1 is 1.33 bits per heavy atom. The molecule has 0 aliphatic carbocycles. The van der Waals surface area contributed by atoms with Crippen LogP contribution in [-0.4, -0.2) is 47.9 Å². The first-order valence-electron chi connectivity index (χ1n) is 8.49.